The maximum atomic E-state index is 13.2. The number of nitrogens with zero attached hydrogens (tertiary/aromatic N) is 6. The van der Waals surface area contributed by atoms with Gasteiger partial charge in [-0.15, -0.1) is 0 Å². The Kier molecular flexibility index (Phi) is 20.8. The van der Waals surface area contributed by atoms with Crippen molar-refractivity contribution in [1.82, 2.24) is 39.1 Å². The molecule has 7 aromatic rings. The van der Waals surface area contributed by atoms with Gasteiger partial charge in [0.25, 0.3) is 0 Å². The molecule has 14 nitrogen and oxygen atoms in total. The number of likely N-dealkylation sites (N-methyl/N-ethyl adjacent to an activating group) is 1. The molecule has 2 unspecified atom stereocenters. The zero-order valence-corrected chi connectivity index (χ0v) is 49.1. The van der Waals surface area contributed by atoms with Crippen LogP contribution in [0.3, 0.4) is 0 Å². The largest absolute Gasteiger partial charge is 0.494 e. The number of rotatable bonds is 22. The summed E-state index contributed by atoms with van der Waals surface area (Å²) in [5.41, 5.74) is 8.57. The Bertz CT molecular complexity index is 3060. The van der Waals surface area contributed by atoms with Gasteiger partial charge in [-0.25, -0.2) is 14.6 Å². The molecule has 6 heterocycles. The molecule has 0 spiro atoms. The third kappa shape index (κ3) is 15.4. The Morgan fingerprint density at radius 1 is 0.588 bits per heavy atom. The number of amides is 2. The van der Waals surface area contributed by atoms with Gasteiger partial charge in [0.15, 0.2) is 0 Å². The standard InChI is InChI=1S/C33H45ClN4O3.C31H37ClN4O3/c1-24(2)23-41-33(39)38-16-14-28-29-22-26(34)10-13-30(29)35-31(28)32(38)25-8-11-27(12-9-25)40-21-7-5-4-6-15-37-19-17-36(3)18-20-37;1-22(2)20-39-31(37)36-16-13-26-27-19-24(32)9-12-28(27)34-29(26)30(36)23-7-10-25(11-8-23)38-18-6-4-3-5-15-35-17-14-33-21-35/h8-13,22,24,32,35H,4-7,14-21,23H2,1-3H3;7-12,14,17,19,21-22,30,34H,3-6,13,15-16,18,20H2,1-2H3. The van der Waals surface area contributed by atoms with Gasteiger partial charge in [-0.3, -0.25) is 9.80 Å². The number of ether oxygens (including phenoxy) is 4. The van der Waals surface area contributed by atoms with Crippen molar-refractivity contribution in [3.05, 3.63) is 147 Å². The lowest BCUT2D eigenvalue weighted by molar-refractivity contribution is 0.0791. The van der Waals surface area contributed by atoms with Gasteiger partial charge in [-0.1, -0.05) is 101 Å². The quantitative estimate of drug-likeness (QED) is 0.0637. The summed E-state index contributed by atoms with van der Waals surface area (Å²) >= 11 is 12.7. The molecule has 16 heteroatoms. The van der Waals surface area contributed by atoms with Crippen LogP contribution in [0.1, 0.15) is 125 Å². The SMILES string of the molecule is CC(C)COC(=O)N1CCc2c([nH]c3ccc(Cl)cc23)C1c1ccc(OCCCCCCN2CCN(C)CC2)cc1.CC(C)COC(=O)N1CCc2c([nH]c3ccc(Cl)cc23)C1c1ccc(OCCCCCCn2ccnc2)cc1. The number of hydrogen-bond donors (Lipinski definition) is 2. The molecule has 0 radical (unpaired) electrons. The molecule has 0 bridgehead atoms. The van der Waals surface area contributed by atoms with Crippen LogP contribution in [0.4, 0.5) is 9.59 Å². The van der Waals surface area contributed by atoms with Crippen molar-refractivity contribution >= 4 is 57.2 Å². The van der Waals surface area contributed by atoms with Gasteiger partial charge in [0, 0.05) is 101 Å². The van der Waals surface area contributed by atoms with Crippen molar-refractivity contribution in [3.8, 4) is 11.5 Å². The van der Waals surface area contributed by atoms with Gasteiger partial charge >= 0.3 is 12.2 Å². The van der Waals surface area contributed by atoms with Crippen molar-refractivity contribution in [3.63, 3.8) is 0 Å². The molecule has 3 aromatic heterocycles. The van der Waals surface area contributed by atoms with E-state index in [1.54, 1.807) is 0 Å². The summed E-state index contributed by atoms with van der Waals surface area (Å²) in [5, 5.41) is 3.66. The average molecular weight is 1130 g/mol. The fraction of sp³-hybridized carbons (Fsp3) is 0.484. The Hall–Kier alpha value is -6.19. The van der Waals surface area contributed by atoms with E-state index in [1.165, 1.54) is 69.5 Å². The number of nitrogens with one attached hydrogen (secondary N) is 2. The number of H-pyrrole nitrogens is 2. The first-order chi connectivity index (χ1) is 38.9. The average Bonchev–Trinajstić information content (AvgIpc) is 4.32. The number of fused-ring (bicyclic) bond motifs is 6. The summed E-state index contributed by atoms with van der Waals surface area (Å²) in [6.07, 6.45) is 15.8. The zero-order valence-electron chi connectivity index (χ0n) is 47.6. The van der Waals surface area contributed by atoms with Gasteiger partial charge in [0.1, 0.15) is 23.6 Å². The van der Waals surface area contributed by atoms with Gasteiger partial charge in [-0.05, 0) is 147 Å². The van der Waals surface area contributed by atoms with Crippen LogP contribution in [0, 0.1) is 11.8 Å². The van der Waals surface area contributed by atoms with Crippen molar-refractivity contribution in [2.45, 2.75) is 111 Å². The zero-order chi connectivity index (χ0) is 56.0. The Morgan fingerprint density at radius 2 is 1.05 bits per heavy atom. The number of halogens is 2. The second-order valence-electron chi connectivity index (χ2n) is 22.7. The van der Waals surface area contributed by atoms with Crippen LogP contribution in [0.25, 0.3) is 21.8 Å². The van der Waals surface area contributed by atoms with Gasteiger partial charge < -0.3 is 43.3 Å². The minimum atomic E-state index is -0.288. The number of aromatic nitrogens is 4. The molecule has 10 rings (SSSR count). The van der Waals surface area contributed by atoms with Crippen LogP contribution < -0.4 is 9.47 Å². The smallest absolute Gasteiger partial charge is 0.410 e. The molecule has 0 aliphatic carbocycles. The van der Waals surface area contributed by atoms with E-state index in [0.29, 0.717) is 43.0 Å². The first-order valence-corrected chi connectivity index (χ1v) is 29.9. The predicted molar refractivity (Wildman–Crippen MR) is 320 cm³/mol. The number of carbonyl (C=O) groups excluding carboxylic acids is 2. The van der Waals surface area contributed by atoms with Crippen LogP contribution in [-0.4, -0.2) is 131 Å². The number of aryl methyl sites for hydroxylation is 1. The van der Waals surface area contributed by atoms with Crippen molar-refractivity contribution < 1.29 is 28.5 Å². The summed E-state index contributed by atoms with van der Waals surface area (Å²) in [4.78, 5) is 46.3. The molecule has 2 amide bonds. The summed E-state index contributed by atoms with van der Waals surface area (Å²) < 4.78 is 25.6. The van der Waals surface area contributed by atoms with Crippen LogP contribution in [0.15, 0.2) is 104 Å². The Labute approximate surface area is 483 Å². The Balaban J connectivity index is 0.000000194. The first-order valence-electron chi connectivity index (χ1n) is 29.2. The molecule has 1 saturated heterocycles. The molecule has 2 atom stereocenters. The monoisotopic (exact) mass is 1130 g/mol. The molecular weight excluding hydrogens is 1050 g/mol. The molecular formula is C64H82Cl2N8O6. The molecule has 4 aromatic carbocycles. The third-order valence-corrected chi connectivity index (χ3v) is 16.0. The maximum Gasteiger partial charge on any atom is 0.410 e. The number of hydrogen-bond acceptors (Lipinski definition) is 9. The number of imidazole rings is 1. The predicted octanol–water partition coefficient (Wildman–Crippen LogP) is 14.1. The van der Waals surface area contributed by atoms with E-state index in [4.69, 9.17) is 42.1 Å². The second kappa shape index (κ2) is 28.5. The lowest BCUT2D eigenvalue weighted by Gasteiger charge is -2.35. The summed E-state index contributed by atoms with van der Waals surface area (Å²) in [7, 11) is 2.20. The van der Waals surface area contributed by atoms with Crippen molar-refractivity contribution in [2.24, 2.45) is 11.8 Å². The first kappa shape index (κ1) is 58.5. The van der Waals surface area contributed by atoms with E-state index in [9.17, 15) is 9.59 Å². The molecule has 3 aliphatic rings. The fourth-order valence-corrected chi connectivity index (χ4v) is 11.5. The van der Waals surface area contributed by atoms with E-state index in [2.05, 4.69) is 60.6 Å². The number of unbranched alkanes of at least 4 members (excludes halogenated alkanes) is 6. The van der Waals surface area contributed by atoms with E-state index in [-0.39, 0.29) is 36.1 Å². The van der Waals surface area contributed by atoms with E-state index < -0.39 is 0 Å². The number of benzene rings is 4. The van der Waals surface area contributed by atoms with Crippen LogP contribution in [0.5, 0.6) is 11.5 Å². The van der Waals surface area contributed by atoms with Gasteiger partial charge in [0.05, 0.1) is 32.8 Å². The van der Waals surface area contributed by atoms with Gasteiger partial charge in [-0.2, -0.15) is 0 Å². The molecule has 1 fully saturated rings. The van der Waals surface area contributed by atoms with E-state index in [1.807, 2.05) is 117 Å². The highest BCUT2D eigenvalue weighted by molar-refractivity contribution is 6.31. The lowest BCUT2D eigenvalue weighted by Crippen LogP contribution is -2.44. The number of piperazine rings is 1. The molecule has 80 heavy (non-hydrogen) atoms. The Morgan fingerprint density at radius 3 is 1.50 bits per heavy atom. The fourth-order valence-electron chi connectivity index (χ4n) is 11.2. The third-order valence-electron chi connectivity index (χ3n) is 15.5. The highest BCUT2D eigenvalue weighted by atomic mass is 35.5. The minimum absolute atomic E-state index is 0.265. The normalized spacial score (nSPS) is 16.7. The van der Waals surface area contributed by atoms with Crippen molar-refractivity contribution in [1.29, 1.82) is 0 Å². The summed E-state index contributed by atoms with van der Waals surface area (Å²) in [6, 6.07) is 27.6. The summed E-state index contributed by atoms with van der Waals surface area (Å²) in [5.74, 6) is 2.25. The number of carbonyl (C=O) groups is 2. The van der Waals surface area contributed by atoms with E-state index in [0.717, 1.165) is 107 Å². The topological polar surface area (TPSA) is 133 Å². The highest BCUT2D eigenvalue weighted by Gasteiger charge is 2.37. The highest BCUT2D eigenvalue weighted by Crippen LogP contribution is 2.42. The lowest BCUT2D eigenvalue weighted by atomic mass is 9.92. The molecule has 0 saturated carbocycles. The minimum Gasteiger partial charge on any atom is -0.494 e. The van der Waals surface area contributed by atoms with Crippen LogP contribution in [0.2, 0.25) is 10.0 Å². The van der Waals surface area contributed by atoms with Crippen LogP contribution >= 0.6 is 23.2 Å². The molecule has 3 aliphatic heterocycles. The van der Waals surface area contributed by atoms with Crippen molar-refractivity contribution in [2.75, 3.05) is 79.3 Å². The molecule has 428 valence electrons. The van der Waals surface area contributed by atoms with E-state index >= 15 is 0 Å². The molecule has 2 N–H and O–H groups in total. The maximum absolute atomic E-state index is 13.2. The van der Waals surface area contributed by atoms with Gasteiger partial charge in [0.2, 0.25) is 0 Å². The summed E-state index contributed by atoms with van der Waals surface area (Å²) in [6.45, 7) is 18.5. The number of aromatic amines is 2. The second-order valence-corrected chi connectivity index (χ2v) is 23.5. The van der Waals surface area contributed by atoms with Crippen LogP contribution in [-0.2, 0) is 28.9 Å².